The van der Waals surface area contributed by atoms with Crippen LogP contribution in [-0.2, 0) is 12.8 Å². The van der Waals surface area contributed by atoms with E-state index in [-0.39, 0.29) is 0 Å². The predicted octanol–water partition coefficient (Wildman–Crippen LogP) is 3.91. The molecular formula is C16H18N2OS. The van der Waals surface area contributed by atoms with Gasteiger partial charge < -0.3 is 4.90 Å². The van der Waals surface area contributed by atoms with Gasteiger partial charge in [-0.25, -0.2) is 4.98 Å². The van der Waals surface area contributed by atoms with Crippen LogP contribution in [0.25, 0.3) is 0 Å². The molecule has 0 saturated carbocycles. The van der Waals surface area contributed by atoms with Crippen molar-refractivity contribution in [3.63, 3.8) is 0 Å². The number of aldehydes is 1. The van der Waals surface area contributed by atoms with Crippen LogP contribution >= 0.6 is 11.3 Å². The normalized spacial score (nSPS) is 14.2. The molecule has 1 aromatic carbocycles. The Morgan fingerprint density at radius 2 is 2.30 bits per heavy atom. The van der Waals surface area contributed by atoms with Crippen LogP contribution in [0.5, 0.6) is 0 Å². The molecule has 104 valence electrons. The molecule has 0 aliphatic carbocycles. The molecule has 0 radical (unpaired) electrons. The number of nitrogens with zero attached hydrogens (tertiary/aromatic N) is 2. The van der Waals surface area contributed by atoms with Crippen molar-refractivity contribution >= 4 is 28.4 Å². The molecule has 0 saturated heterocycles. The molecule has 2 heterocycles. The topological polar surface area (TPSA) is 33.2 Å². The Morgan fingerprint density at radius 1 is 1.45 bits per heavy atom. The average Bonchev–Trinajstić information content (AvgIpc) is 2.89. The van der Waals surface area contributed by atoms with Crippen molar-refractivity contribution in [3.8, 4) is 0 Å². The maximum absolute atomic E-state index is 11.1. The van der Waals surface area contributed by atoms with Crippen molar-refractivity contribution < 1.29 is 4.79 Å². The van der Waals surface area contributed by atoms with Gasteiger partial charge in [-0.05, 0) is 37.8 Å². The molecule has 0 bridgehead atoms. The second-order valence-corrected chi connectivity index (χ2v) is 6.18. The van der Waals surface area contributed by atoms with E-state index in [0.29, 0.717) is 0 Å². The van der Waals surface area contributed by atoms with Crippen LogP contribution < -0.4 is 4.90 Å². The molecule has 0 unspecified atom stereocenters. The lowest BCUT2D eigenvalue weighted by Gasteiger charge is -2.29. The summed E-state index contributed by atoms with van der Waals surface area (Å²) in [5, 5.41) is 0.953. The zero-order valence-electron chi connectivity index (χ0n) is 11.8. The van der Waals surface area contributed by atoms with Gasteiger partial charge in [0.1, 0.15) is 0 Å². The molecule has 0 fully saturated rings. The Bertz CT molecular complexity index is 648. The van der Waals surface area contributed by atoms with Crippen molar-refractivity contribution in [2.75, 3.05) is 11.4 Å². The second-order valence-electron chi connectivity index (χ2n) is 5.17. The molecule has 1 aliphatic rings. The van der Waals surface area contributed by atoms with Crippen molar-refractivity contribution in [2.24, 2.45) is 0 Å². The van der Waals surface area contributed by atoms with E-state index >= 15 is 0 Å². The smallest absolute Gasteiger partial charge is 0.190 e. The largest absolute Gasteiger partial charge is 0.318 e. The molecule has 3 rings (SSSR count). The molecule has 2 aromatic rings. The number of hydrogen-bond acceptors (Lipinski definition) is 4. The molecule has 20 heavy (non-hydrogen) atoms. The summed E-state index contributed by atoms with van der Waals surface area (Å²) < 4.78 is 0. The number of aromatic nitrogens is 1. The Labute approximate surface area is 123 Å². The van der Waals surface area contributed by atoms with Gasteiger partial charge in [0.15, 0.2) is 11.4 Å². The number of benzene rings is 1. The monoisotopic (exact) mass is 286 g/mol. The summed E-state index contributed by atoms with van der Waals surface area (Å²) >= 11 is 1.51. The van der Waals surface area contributed by atoms with Crippen LogP contribution in [0, 0.1) is 6.92 Å². The minimum Gasteiger partial charge on any atom is -0.318 e. The first-order valence-electron chi connectivity index (χ1n) is 7.05. The zero-order valence-corrected chi connectivity index (χ0v) is 12.7. The maximum Gasteiger partial charge on any atom is 0.190 e. The fourth-order valence-electron chi connectivity index (χ4n) is 2.74. The molecular weight excluding hydrogens is 268 g/mol. The first-order chi connectivity index (χ1) is 9.72. The van der Waals surface area contributed by atoms with E-state index in [4.69, 9.17) is 0 Å². The highest BCUT2D eigenvalue weighted by atomic mass is 32.1. The van der Waals surface area contributed by atoms with Gasteiger partial charge in [-0.3, -0.25) is 4.79 Å². The van der Waals surface area contributed by atoms with Crippen LogP contribution in [0.4, 0.5) is 10.8 Å². The van der Waals surface area contributed by atoms with Gasteiger partial charge in [0, 0.05) is 12.2 Å². The fraction of sp³-hybridized carbons (Fsp3) is 0.375. The SMILES string of the molecule is CCc1nc(N2CCCc3cc(C)ccc32)sc1C=O. The van der Waals surface area contributed by atoms with Crippen molar-refractivity contribution in [2.45, 2.75) is 33.1 Å². The second kappa shape index (κ2) is 5.37. The van der Waals surface area contributed by atoms with E-state index in [1.54, 1.807) is 0 Å². The highest BCUT2D eigenvalue weighted by Gasteiger charge is 2.22. The van der Waals surface area contributed by atoms with Crippen LogP contribution in [0.15, 0.2) is 18.2 Å². The number of aryl methyl sites for hydroxylation is 3. The predicted molar refractivity (Wildman–Crippen MR) is 83.4 cm³/mol. The van der Waals surface area contributed by atoms with Crippen LogP contribution in [-0.4, -0.2) is 17.8 Å². The zero-order chi connectivity index (χ0) is 14.1. The van der Waals surface area contributed by atoms with Crippen molar-refractivity contribution in [3.05, 3.63) is 39.9 Å². The number of fused-ring (bicyclic) bond motifs is 1. The first-order valence-corrected chi connectivity index (χ1v) is 7.86. The summed E-state index contributed by atoms with van der Waals surface area (Å²) in [6.07, 6.45) is 3.99. The van der Waals surface area contributed by atoms with Gasteiger partial charge in [-0.15, -0.1) is 0 Å². The van der Waals surface area contributed by atoms with Crippen LogP contribution in [0.2, 0.25) is 0 Å². The fourth-order valence-corrected chi connectivity index (χ4v) is 3.74. The summed E-state index contributed by atoms with van der Waals surface area (Å²) in [4.78, 5) is 18.8. The Hall–Kier alpha value is -1.68. The number of rotatable bonds is 3. The van der Waals surface area contributed by atoms with E-state index < -0.39 is 0 Å². The molecule has 1 aromatic heterocycles. The molecule has 0 spiro atoms. The molecule has 3 nitrogen and oxygen atoms in total. The number of anilines is 2. The van der Waals surface area contributed by atoms with Gasteiger partial charge >= 0.3 is 0 Å². The van der Waals surface area contributed by atoms with Crippen molar-refractivity contribution in [1.29, 1.82) is 0 Å². The maximum atomic E-state index is 11.1. The molecule has 0 N–H and O–H groups in total. The third kappa shape index (κ3) is 2.24. The Morgan fingerprint density at radius 3 is 3.00 bits per heavy atom. The molecule has 1 aliphatic heterocycles. The van der Waals surface area contributed by atoms with Crippen LogP contribution in [0.1, 0.15) is 39.8 Å². The van der Waals surface area contributed by atoms with Crippen LogP contribution in [0.3, 0.4) is 0 Å². The van der Waals surface area contributed by atoms with Gasteiger partial charge in [0.25, 0.3) is 0 Å². The molecule has 4 heteroatoms. The quantitative estimate of drug-likeness (QED) is 0.802. The highest BCUT2D eigenvalue weighted by Crippen LogP contribution is 2.36. The summed E-state index contributed by atoms with van der Waals surface area (Å²) in [6, 6.07) is 6.58. The van der Waals surface area contributed by atoms with E-state index in [1.165, 1.54) is 28.2 Å². The van der Waals surface area contributed by atoms with E-state index in [2.05, 4.69) is 35.0 Å². The number of carbonyl (C=O) groups is 1. The first kappa shape index (κ1) is 13.3. The third-order valence-corrected chi connectivity index (χ3v) is 4.79. The average molecular weight is 286 g/mol. The van der Waals surface area contributed by atoms with E-state index in [0.717, 1.165) is 47.8 Å². The third-order valence-electron chi connectivity index (χ3n) is 3.74. The molecule has 0 atom stereocenters. The summed E-state index contributed by atoms with van der Waals surface area (Å²) in [6.45, 7) is 5.15. The summed E-state index contributed by atoms with van der Waals surface area (Å²) in [7, 11) is 0. The lowest BCUT2D eigenvalue weighted by atomic mass is 10.00. The summed E-state index contributed by atoms with van der Waals surface area (Å²) in [5.41, 5.74) is 4.85. The molecule has 0 amide bonds. The number of carbonyl (C=O) groups excluding carboxylic acids is 1. The number of thiazole rings is 1. The van der Waals surface area contributed by atoms with Gasteiger partial charge in [-0.2, -0.15) is 0 Å². The Kier molecular flexibility index (Phi) is 3.57. The Balaban J connectivity index is 2.04. The van der Waals surface area contributed by atoms with E-state index in [9.17, 15) is 4.79 Å². The summed E-state index contributed by atoms with van der Waals surface area (Å²) in [5.74, 6) is 0. The minimum atomic E-state index is 0.765. The van der Waals surface area contributed by atoms with Crippen molar-refractivity contribution in [1.82, 2.24) is 4.98 Å². The number of hydrogen-bond donors (Lipinski definition) is 0. The van der Waals surface area contributed by atoms with Gasteiger partial charge in [-0.1, -0.05) is 36.0 Å². The minimum absolute atomic E-state index is 0.765. The lowest BCUT2D eigenvalue weighted by Crippen LogP contribution is -2.24. The van der Waals surface area contributed by atoms with E-state index in [1.807, 2.05) is 6.92 Å². The highest BCUT2D eigenvalue weighted by molar-refractivity contribution is 7.17. The standard InChI is InChI=1S/C16H18N2OS/c1-3-13-15(10-19)20-16(17-13)18-8-4-5-12-9-11(2)6-7-14(12)18/h6-7,9-10H,3-5,8H2,1-2H3. The van der Waals surface area contributed by atoms with Gasteiger partial charge in [0.05, 0.1) is 10.6 Å². The lowest BCUT2D eigenvalue weighted by molar-refractivity contribution is 0.112. The van der Waals surface area contributed by atoms with Gasteiger partial charge in [0.2, 0.25) is 0 Å².